The quantitative estimate of drug-likeness (QED) is 0.814. The zero-order valence-electron chi connectivity index (χ0n) is 9.56. The molecule has 0 bridgehead atoms. The zero-order chi connectivity index (χ0) is 12.1. The molecule has 0 saturated carbocycles. The molecule has 1 aliphatic heterocycles. The highest BCUT2D eigenvalue weighted by Gasteiger charge is 2.21. The van der Waals surface area contributed by atoms with E-state index in [0.717, 1.165) is 12.0 Å². The van der Waals surface area contributed by atoms with Crippen molar-refractivity contribution in [3.05, 3.63) is 30.1 Å². The van der Waals surface area contributed by atoms with E-state index in [1.807, 2.05) is 12.1 Å². The van der Waals surface area contributed by atoms with E-state index in [0.29, 0.717) is 19.5 Å². The van der Waals surface area contributed by atoms with Crippen molar-refractivity contribution >= 4 is 11.8 Å². The fourth-order valence-electron chi connectivity index (χ4n) is 1.80. The van der Waals surface area contributed by atoms with Crippen LogP contribution in [0.1, 0.15) is 18.4 Å². The Morgan fingerprint density at radius 3 is 2.82 bits per heavy atom. The van der Waals surface area contributed by atoms with E-state index < -0.39 is 0 Å². The van der Waals surface area contributed by atoms with Gasteiger partial charge in [0.05, 0.1) is 6.54 Å². The van der Waals surface area contributed by atoms with Crippen LogP contribution in [0.2, 0.25) is 0 Å². The number of hydrogen-bond acceptors (Lipinski definition) is 3. The predicted octanol–water partition coefficient (Wildman–Crippen LogP) is 0.320. The molecule has 17 heavy (non-hydrogen) atoms. The molecule has 1 aromatic heterocycles. The number of nitrogens with one attached hydrogen (secondary N) is 1. The van der Waals surface area contributed by atoms with E-state index in [1.54, 1.807) is 17.3 Å². The number of rotatable bonds is 4. The van der Waals surface area contributed by atoms with Gasteiger partial charge in [-0.3, -0.25) is 14.6 Å². The van der Waals surface area contributed by atoms with Gasteiger partial charge >= 0.3 is 0 Å². The molecule has 5 heteroatoms. The number of likely N-dealkylation sites (tertiary alicyclic amines) is 1. The van der Waals surface area contributed by atoms with Gasteiger partial charge in [-0.2, -0.15) is 0 Å². The van der Waals surface area contributed by atoms with Gasteiger partial charge in [-0.1, -0.05) is 0 Å². The summed E-state index contributed by atoms with van der Waals surface area (Å²) in [5.74, 6) is -0.0406. The second-order valence-electron chi connectivity index (χ2n) is 4.05. The van der Waals surface area contributed by atoms with Crippen LogP contribution >= 0.6 is 0 Å². The SMILES string of the molecule is O=C(CN1CCCC1=O)NCc1ccncc1. The Kier molecular flexibility index (Phi) is 3.69. The van der Waals surface area contributed by atoms with Crippen LogP contribution in [0, 0.1) is 0 Å². The lowest BCUT2D eigenvalue weighted by molar-refractivity contribution is -0.133. The molecule has 1 fully saturated rings. The molecule has 1 saturated heterocycles. The molecule has 0 spiro atoms. The summed E-state index contributed by atoms with van der Waals surface area (Å²) >= 11 is 0. The van der Waals surface area contributed by atoms with Crippen LogP contribution in [0.15, 0.2) is 24.5 Å². The van der Waals surface area contributed by atoms with Crippen molar-refractivity contribution in [1.29, 1.82) is 0 Å². The maximum absolute atomic E-state index is 11.6. The number of pyridine rings is 1. The number of aromatic nitrogens is 1. The first kappa shape index (κ1) is 11.6. The molecule has 0 radical (unpaired) electrons. The molecule has 90 valence electrons. The Balaban J connectivity index is 1.76. The Morgan fingerprint density at radius 2 is 2.18 bits per heavy atom. The van der Waals surface area contributed by atoms with Gasteiger partial charge in [0.2, 0.25) is 11.8 Å². The Hall–Kier alpha value is -1.91. The van der Waals surface area contributed by atoms with Crippen LogP contribution in [-0.2, 0) is 16.1 Å². The van der Waals surface area contributed by atoms with Gasteiger partial charge < -0.3 is 10.2 Å². The Labute approximate surface area is 99.8 Å². The summed E-state index contributed by atoms with van der Waals surface area (Å²) in [5, 5.41) is 2.79. The lowest BCUT2D eigenvalue weighted by Gasteiger charge is -2.14. The highest BCUT2D eigenvalue weighted by atomic mass is 16.2. The summed E-state index contributed by atoms with van der Waals surface area (Å²) in [7, 11) is 0. The summed E-state index contributed by atoms with van der Waals surface area (Å²) < 4.78 is 0. The van der Waals surface area contributed by atoms with Crippen molar-refractivity contribution in [2.45, 2.75) is 19.4 Å². The Morgan fingerprint density at radius 1 is 1.41 bits per heavy atom. The van der Waals surface area contributed by atoms with Crippen LogP contribution in [0.25, 0.3) is 0 Å². The van der Waals surface area contributed by atoms with Gasteiger partial charge in [-0.15, -0.1) is 0 Å². The maximum Gasteiger partial charge on any atom is 0.239 e. The molecule has 0 aromatic carbocycles. The minimum Gasteiger partial charge on any atom is -0.350 e. The van der Waals surface area contributed by atoms with Crippen molar-refractivity contribution in [3.63, 3.8) is 0 Å². The van der Waals surface area contributed by atoms with E-state index >= 15 is 0 Å². The standard InChI is InChI=1S/C12H15N3O2/c16-11(9-15-7-1-2-12(15)17)14-8-10-3-5-13-6-4-10/h3-6H,1-2,7-9H2,(H,14,16). The van der Waals surface area contributed by atoms with Gasteiger partial charge in [-0.05, 0) is 24.1 Å². The van der Waals surface area contributed by atoms with Crippen LogP contribution in [-0.4, -0.2) is 34.8 Å². The van der Waals surface area contributed by atoms with Crippen molar-refractivity contribution in [3.8, 4) is 0 Å². The van der Waals surface area contributed by atoms with Gasteiger partial charge in [0, 0.05) is 31.9 Å². The molecule has 0 atom stereocenters. The lowest BCUT2D eigenvalue weighted by Crippen LogP contribution is -2.37. The van der Waals surface area contributed by atoms with E-state index in [1.165, 1.54) is 0 Å². The number of carbonyl (C=O) groups is 2. The fraction of sp³-hybridized carbons (Fsp3) is 0.417. The number of nitrogens with zero attached hydrogens (tertiary/aromatic N) is 2. The van der Waals surface area contributed by atoms with Crippen molar-refractivity contribution in [1.82, 2.24) is 15.2 Å². The van der Waals surface area contributed by atoms with E-state index in [4.69, 9.17) is 0 Å². The minimum atomic E-state index is -0.114. The average Bonchev–Trinajstić information content (AvgIpc) is 2.74. The molecular formula is C12H15N3O2. The largest absolute Gasteiger partial charge is 0.350 e. The molecule has 2 heterocycles. The van der Waals surface area contributed by atoms with E-state index in [2.05, 4.69) is 10.3 Å². The maximum atomic E-state index is 11.6. The van der Waals surface area contributed by atoms with Crippen molar-refractivity contribution < 1.29 is 9.59 Å². The first-order chi connectivity index (χ1) is 8.25. The molecule has 0 aliphatic carbocycles. The molecule has 1 aliphatic rings. The zero-order valence-corrected chi connectivity index (χ0v) is 9.56. The molecule has 1 N–H and O–H groups in total. The average molecular weight is 233 g/mol. The van der Waals surface area contributed by atoms with Crippen molar-refractivity contribution in [2.75, 3.05) is 13.1 Å². The van der Waals surface area contributed by atoms with Crippen molar-refractivity contribution in [2.24, 2.45) is 0 Å². The highest BCUT2D eigenvalue weighted by Crippen LogP contribution is 2.08. The molecule has 1 aromatic rings. The lowest BCUT2D eigenvalue weighted by atomic mass is 10.3. The molecule has 2 amide bonds. The first-order valence-corrected chi connectivity index (χ1v) is 5.69. The first-order valence-electron chi connectivity index (χ1n) is 5.69. The van der Waals surface area contributed by atoms with Gasteiger partial charge in [0.15, 0.2) is 0 Å². The summed E-state index contributed by atoms with van der Waals surface area (Å²) in [6.07, 6.45) is 4.80. The van der Waals surface area contributed by atoms with Gasteiger partial charge in [-0.25, -0.2) is 0 Å². The molecule has 5 nitrogen and oxygen atoms in total. The van der Waals surface area contributed by atoms with E-state index in [9.17, 15) is 9.59 Å². The molecular weight excluding hydrogens is 218 g/mol. The van der Waals surface area contributed by atoms with Crippen LogP contribution in [0.4, 0.5) is 0 Å². The third-order valence-corrected chi connectivity index (χ3v) is 2.74. The topological polar surface area (TPSA) is 62.3 Å². The van der Waals surface area contributed by atoms with Gasteiger partial charge in [0.1, 0.15) is 0 Å². The van der Waals surface area contributed by atoms with Gasteiger partial charge in [0.25, 0.3) is 0 Å². The predicted molar refractivity (Wildman–Crippen MR) is 61.9 cm³/mol. The number of carbonyl (C=O) groups excluding carboxylic acids is 2. The molecule has 0 unspecified atom stereocenters. The minimum absolute atomic E-state index is 0.0732. The monoisotopic (exact) mass is 233 g/mol. The smallest absolute Gasteiger partial charge is 0.239 e. The summed E-state index contributed by atoms with van der Waals surface area (Å²) in [6, 6.07) is 3.70. The third-order valence-electron chi connectivity index (χ3n) is 2.74. The van der Waals surface area contributed by atoms with Crippen LogP contribution in [0.3, 0.4) is 0 Å². The fourth-order valence-corrected chi connectivity index (χ4v) is 1.80. The second kappa shape index (κ2) is 5.43. The summed E-state index contributed by atoms with van der Waals surface area (Å²) in [6.45, 7) is 1.34. The normalized spacial score (nSPS) is 15.1. The number of hydrogen-bond donors (Lipinski definition) is 1. The highest BCUT2D eigenvalue weighted by molar-refractivity contribution is 5.85. The molecule has 2 rings (SSSR count). The summed E-state index contributed by atoms with van der Waals surface area (Å²) in [4.78, 5) is 28.4. The van der Waals surface area contributed by atoms with Crippen LogP contribution in [0.5, 0.6) is 0 Å². The Bertz CT molecular complexity index is 405. The number of amides is 2. The summed E-state index contributed by atoms with van der Waals surface area (Å²) in [5.41, 5.74) is 1.00. The second-order valence-corrected chi connectivity index (χ2v) is 4.05. The van der Waals surface area contributed by atoms with Crippen LogP contribution < -0.4 is 5.32 Å². The third kappa shape index (κ3) is 3.27. The van der Waals surface area contributed by atoms with E-state index in [-0.39, 0.29) is 18.4 Å².